The summed E-state index contributed by atoms with van der Waals surface area (Å²) >= 11 is 0. The minimum atomic E-state index is 0.518. The van der Waals surface area contributed by atoms with E-state index in [9.17, 15) is 0 Å². The van der Waals surface area contributed by atoms with Crippen LogP contribution in [0.4, 0.5) is 0 Å². The van der Waals surface area contributed by atoms with E-state index >= 15 is 0 Å². The molecule has 1 fully saturated rings. The second kappa shape index (κ2) is 4.95. The molecule has 1 aliphatic rings. The van der Waals surface area contributed by atoms with Crippen LogP contribution in [0.15, 0.2) is 24.3 Å². The van der Waals surface area contributed by atoms with Crippen LogP contribution >= 0.6 is 0 Å². The number of nitriles is 1. The Kier molecular flexibility index (Phi) is 3.37. The first-order valence-electron chi connectivity index (χ1n) is 5.55. The highest BCUT2D eigenvalue weighted by atomic mass is 15.1. The van der Waals surface area contributed by atoms with Gasteiger partial charge in [0.05, 0.1) is 12.5 Å². The van der Waals surface area contributed by atoms with E-state index in [0.29, 0.717) is 6.42 Å². The third kappa shape index (κ3) is 2.81. The molecule has 2 nitrogen and oxygen atoms in total. The quantitative estimate of drug-likeness (QED) is 0.749. The Morgan fingerprint density at radius 3 is 2.27 bits per heavy atom. The van der Waals surface area contributed by atoms with Crippen LogP contribution in [0.1, 0.15) is 24.0 Å². The van der Waals surface area contributed by atoms with Crippen molar-refractivity contribution in [2.45, 2.75) is 25.8 Å². The van der Waals surface area contributed by atoms with Crippen LogP contribution in [0, 0.1) is 11.3 Å². The van der Waals surface area contributed by atoms with E-state index in [4.69, 9.17) is 5.26 Å². The number of likely N-dealkylation sites (tertiary alicyclic amines) is 1. The van der Waals surface area contributed by atoms with Crippen LogP contribution in [-0.4, -0.2) is 18.0 Å². The Bertz CT molecular complexity index is 342. The zero-order valence-corrected chi connectivity index (χ0v) is 8.95. The fraction of sp³-hybridized carbons (Fsp3) is 0.462. The molecule has 0 spiro atoms. The Morgan fingerprint density at radius 1 is 1.07 bits per heavy atom. The first-order valence-corrected chi connectivity index (χ1v) is 5.55. The molecule has 0 atom stereocenters. The van der Waals surface area contributed by atoms with Gasteiger partial charge in [-0.25, -0.2) is 0 Å². The summed E-state index contributed by atoms with van der Waals surface area (Å²) in [4.78, 5) is 2.49. The molecule has 78 valence electrons. The summed E-state index contributed by atoms with van der Waals surface area (Å²) in [7, 11) is 0. The fourth-order valence-electron chi connectivity index (χ4n) is 2.05. The molecule has 0 radical (unpaired) electrons. The van der Waals surface area contributed by atoms with Crippen LogP contribution in [-0.2, 0) is 13.0 Å². The number of hydrogen-bond donors (Lipinski definition) is 0. The fourth-order valence-corrected chi connectivity index (χ4v) is 2.05. The molecule has 1 saturated heterocycles. The third-order valence-corrected chi connectivity index (χ3v) is 2.91. The highest BCUT2D eigenvalue weighted by molar-refractivity contribution is 5.24. The van der Waals surface area contributed by atoms with Crippen LogP contribution in [0.5, 0.6) is 0 Å². The minimum Gasteiger partial charge on any atom is -0.299 e. The molecule has 1 aliphatic heterocycles. The van der Waals surface area contributed by atoms with Crippen LogP contribution in [0.3, 0.4) is 0 Å². The zero-order chi connectivity index (χ0) is 10.5. The lowest BCUT2D eigenvalue weighted by Crippen LogP contribution is -2.18. The van der Waals surface area contributed by atoms with Gasteiger partial charge in [-0.15, -0.1) is 0 Å². The van der Waals surface area contributed by atoms with Gasteiger partial charge in [-0.2, -0.15) is 5.26 Å². The lowest BCUT2D eigenvalue weighted by Gasteiger charge is -2.14. The summed E-state index contributed by atoms with van der Waals surface area (Å²) in [5.41, 5.74) is 2.47. The largest absolute Gasteiger partial charge is 0.299 e. The van der Waals surface area contributed by atoms with E-state index in [1.807, 2.05) is 0 Å². The normalized spacial score (nSPS) is 16.5. The van der Waals surface area contributed by atoms with Crippen LogP contribution in [0.2, 0.25) is 0 Å². The average Bonchev–Trinajstić information content (AvgIpc) is 2.74. The lowest BCUT2D eigenvalue weighted by atomic mass is 10.1. The molecule has 2 rings (SSSR count). The molecule has 1 heterocycles. The molecule has 0 N–H and O–H groups in total. The van der Waals surface area contributed by atoms with Crippen molar-refractivity contribution >= 4 is 0 Å². The highest BCUT2D eigenvalue weighted by Gasteiger charge is 2.11. The maximum absolute atomic E-state index is 8.56. The summed E-state index contributed by atoms with van der Waals surface area (Å²) in [5, 5.41) is 8.56. The minimum absolute atomic E-state index is 0.518. The van der Waals surface area contributed by atoms with Gasteiger partial charge in [-0.1, -0.05) is 24.3 Å². The second-order valence-electron chi connectivity index (χ2n) is 4.13. The van der Waals surface area contributed by atoms with Gasteiger partial charge in [0.1, 0.15) is 0 Å². The van der Waals surface area contributed by atoms with Crippen LogP contribution < -0.4 is 0 Å². The van der Waals surface area contributed by atoms with Crippen molar-refractivity contribution < 1.29 is 0 Å². The molecule has 0 bridgehead atoms. The van der Waals surface area contributed by atoms with E-state index in [2.05, 4.69) is 35.2 Å². The van der Waals surface area contributed by atoms with E-state index in [0.717, 1.165) is 12.1 Å². The molecular formula is C13H16N2. The van der Waals surface area contributed by atoms with Gasteiger partial charge in [0.15, 0.2) is 0 Å². The van der Waals surface area contributed by atoms with Gasteiger partial charge in [0, 0.05) is 6.54 Å². The Morgan fingerprint density at radius 2 is 1.67 bits per heavy atom. The molecule has 2 heteroatoms. The first-order chi connectivity index (χ1) is 7.38. The van der Waals surface area contributed by atoms with E-state index < -0.39 is 0 Å². The molecule has 0 aromatic heterocycles. The summed E-state index contributed by atoms with van der Waals surface area (Å²) in [6, 6.07) is 10.6. The SMILES string of the molecule is N#CCc1ccc(CN2CCCC2)cc1. The average molecular weight is 200 g/mol. The molecule has 1 aromatic rings. The number of rotatable bonds is 3. The predicted octanol–water partition coefficient (Wildman–Crippen LogP) is 2.35. The van der Waals surface area contributed by atoms with E-state index in [1.165, 1.54) is 31.5 Å². The summed E-state index contributed by atoms with van der Waals surface area (Å²) in [6.07, 6.45) is 3.20. The maximum Gasteiger partial charge on any atom is 0.0669 e. The molecule has 0 aliphatic carbocycles. The van der Waals surface area contributed by atoms with Crippen molar-refractivity contribution in [1.82, 2.24) is 4.90 Å². The number of nitrogens with zero attached hydrogens (tertiary/aromatic N) is 2. The van der Waals surface area contributed by atoms with Gasteiger partial charge < -0.3 is 0 Å². The molecule has 1 aromatic carbocycles. The van der Waals surface area contributed by atoms with E-state index in [-0.39, 0.29) is 0 Å². The maximum atomic E-state index is 8.56. The van der Waals surface area contributed by atoms with Crippen molar-refractivity contribution in [3.8, 4) is 6.07 Å². The second-order valence-corrected chi connectivity index (χ2v) is 4.13. The van der Waals surface area contributed by atoms with Gasteiger partial charge in [0.25, 0.3) is 0 Å². The van der Waals surface area contributed by atoms with Gasteiger partial charge >= 0.3 is 0 Å². The molecule has 0 amide bonds. The van der Waals surface area contributed by atoms with Crippen molar-refractivity contribution in [2.75, 3.05) is 13.1 Å². The third-order valence-electron chi connectivity index (χ3n) is 2.91. The predicted molar refractivity (Wildman–Crippen MR) is 60.3 cm³/mol. The topological polar surface area (TPSA) is 27.0 Å². The number of benzene rings is 1. The smallest absolute Gasteiger partial charge is 0.0669 e. The van der Waals surface area contributed by atoms with E-state index in [1.54, 1.807) is 0 Å². The zero-order valence-electron chi connectivity index (χ0n) is 8.95. The highest BCUT2D eigenvalue weighted by Crippen LogP contribution is 2.13. The Hall–Kier alpha value is -1.33. The Balaban J connectivity index is 1.94. The van der Waals surface area contributed by atoms with Crippen molar-refractivity contribution in [1.29, 1.82) is 5.26 Å². The van der Waals surface area contributed by atoms with Gasteiger partial charge in [-0.05, 0) is 37.1 Å². The van der Waals surface area contributed by atoms with Crippen molar-refractivity contribution in [3.63, 3.8) is 0 Å². The first kappa shape index (κ1) is 10.2. The molecular weight excluding hydrogens is 184 g/mol. The van der Waals surface area contributed by atoms with Crippen LogP contribution in [0.25, 0.3) is 0 Å². The van der Waals surface area contributed by atoms with Gasteiger partial charge in [-0.3, -0.25) is 4.90 Å². The summed E-state index contributed by atoms with van der Waals surface area (Å²) in [5.74, 6) is 0. The lowest BCUT2D eigenvalue weighted by molar-refractivity contribution is 0.331. The monoisotopic (exact) mass is 200 g/mol. The Labute approximate surface area is 91.1 Å². The number of hydrogen-bond acceptors (Lipinski definition) is 2. The molecule has 15 heavy (non-hydrogen) atoms. The summed E-state index contributed by atoms with van der Waals surface area (Å²) < 4.78 is 0. The molecule has 0 unspecified atom stereocenters. The standard InChI is InChI=1S/C13H16N2/c14-8-7-12-3-5-13(6-4-12)11-15-9-1-2-10-15/h3-6H,1-2,7,9-11H2. The van der Waals surface area contributed by atoms with Crippen molar-refractivity contribution in [2.24, 2.45) is 0 Å². The van der Waals surface area contributed by atoms with Crippen molar-refractivity contribution in [3.05, 3.63) is 35.4 Å². The van der Waals surface area contributed by atoms with Gasteiger partial charge in [0.2, 0.25) is 0 Å². The summed E-state index contributed by atoms with van der Waals surface area (Å²) in [6.45, 7) is 3.53. The molecule has 0 saturated carbocycles.